The number of rotatable bonds is 4. The van der Waals surface area contributed by atoms with Crippen molar-refractivity contribution in [3.8, 4) is 0 Å². The Hall–Kier alpha value is -1.33. The van der Waals surface area contributed by atoms with Crippen molar-refractivity contribution < 1.29 is 9.53 Å². The number of amides is 1. The largest absolute Gasteiger partial charge is 0.376 e. The van der Waals surface area contributed by atoms with Gasteiger partial charge in [0.15, 0.2) is 0 Å². The van der Waals surface area contributed by atoms with Gasteiger partial charge in [-0.15, -0.1) is 0 Å². The Morgan fingerprint density at radius 1 is 1.60 bits per heavy atom. The lowest BCUT2D eigenvalue weighted by Gasteiger charge is -2.52. The van der Waals surface area contributed by atoms with Crippen LogP contribution in [0.3, 0.4) is 0 Å². The van der Waals surface area contributed by atoms with Crippen LogP contribution in [0.15, 0.2) is 18.3 Å². The Kier molecular flexibility index (Phi) is 3.81. The van der Waals surface area contributed by atoms with Crippen molar-refractivity contribution in [2.75, 3.05) is 6.61 Å². The summed E-state index contributed by atoms with van der Waals surface area (Å²) in [5.74, 6) is 0.369. The van der Waals surface area contributed by atoms with Crippen LogP contribution in [0.4, 0.5) is 0 Å². The summed E-state index contributed by atoms with van der Waals surface area (Å²) < 4.78 is 7.74. The van der Waals surface area contributed by atoms with Crippen molar-refractivity contribution in [3.63, 3.8) is 0 Å². The monoisotopic (exact) mass is 277 g/mol. The van der Waals surface area contributed by atoms with Crippen molar-refractivity contribution in [1.29, 1.82) is 0 Å². The van der Waals surface area contributed by atoms with Crippen molar-refractivity contribution in [1.82, 2.24) is 9.88 Å². The number of hydrogen-bond acceptors (Lipinski definition) is 3. The molecule has 1 amide bonds. The van der Waals surface area contributed by atoms with E-state index in [1.165, 1.54) is 0 Å². The highest BCUT2D eigenvalue weighted by molar-refractivity contribution is 5.93. The minimum atomic E-state index is -0.0449. The maximum absolute atomic E-state index is 12.4. The predicted molar refractivity (Wildman–Crippen MR) is 76.4 cm³/mol. The van der Waals surface area contributed by atoms with Crippen LogP contribution in [0.5, 0.6) is 0 Å². The topological polar surface area (TPSA) is 69.3 Å². The molecule has 110 valence electrons. The highest BCUT2D eigenvalue weighted by Crippen LogP contribution is 2.37. The minimum Gasteiger partial charge on any atom is -0.376 e. The Bertz CT molecular complexity index is 485. The smallest absolute Gasteiger partial charge is 0.268 e. The van der Waals surface area contributed by atoms with Gasteiger partial charge in [0.1, 0.15) is 5.69 Å². The number of hydrogen-bond donors (Lipinski definition) is 2. The van der Waals surface area contributed by atoms with Crippen LogP contribution in [-0.2, 0) is 11.3 Å². The highest BCUT2D eigenvalue weighted by Gasteiger charge is 2.51. The van der Waals surface area contributed by atoms with Crippen LogP contribution in [-0.4, -0.2) is 35.3 Å². The summed E-state index contributed by atoms with van der Waals surface area (Å²) in [5.41, 5.74) is 6.88. The van der Waals surface area contributed by atoms with Crippen molar-refractivity contribution in [2.24, 2.45) is 11.7 Å². The van der Waals surface area contributed by atoms with Crippen molar-refractivity contribution in [2.45, 2.75) is 50.9 Å². The molecule has 5 nitrogen and oxygen atoms in total. The van der Waals surface area contributed by atoms with Gasteiger partial charge in [0.05, 0.1) is 12.1 Å². The zero-order chi connectivity index (χ0) is 14.1. The summed E-state index contributed by atoms with van der Waals surface area (Å²) in [6.45, 7) is 3.74. The Morgan fingerprint density at radius 3 is 3.25 bits per heavy atom. The first-order valence-corrected chi connectivity index (χ1v) is 7.55. The first kappa shape index (κ1) is 13.6. The molecule has 0 aromatic carbocycles. The van der Waals surface area contributed by atoms with Gasteiger partial charge in [-0.25, -0.2) is 0 Å². The van der Waals surface area contributed by atoms with E-state index in [1.54, 1.807) is 0 Å². The third kappa shape index (κ3) is 2.25. The van der Waals surface area contributed by atoms with Gasteiger partial charge < -0.3 is 20.4 Å². The van der Waals surface area contributed by atoms with E-state index in [0.717, 1.165) is 32.4 Å². The van der Waals surface area contributed by atoms with Crippen LogP contribution in [0, 0.1) is 5.92 Å². The number of ether oxygens (including phenoxy) is 1. The summed E-state index contributed by atoms with van der Waals surface area (Å²) in [7, 11) is 0. The highest BCUT2D eigenvalue weighted by atomic mass is 16.5. The van der Waals surface area contributed by atoms with Crippen LogP contribution < -0.4 is 11.1 Å². The quantitative estimate of drug-likeness (QED) is 0.867. The second-order valence-corrected chi connectivity index (χ2v) is 5.80. The second kappa shape index (κ2) is 5.58. The lowest BCUT2D eigenvalue weighted by Crippen LogP contribution is -2.72. The molecule has 3 N–H and O–H groups in total. The molecule has 2 heterocycles. The Morgan fingerprint density at radius 2 is 2.45 bits per heavy atom. The van der Waals surface area contributed by atoms with Crippen molar-refractivity contribution >= 4 is 5.91 Å². The Balaban J connectivity index is 1.65. The SMILES string of the molecule is CCCn1cccc1C(=O)NC1C(N)C2CCCOC21. The molecule has 1 saturated heterocycles. The number of fused-ring (bicyclic) bond motifs is 1. The van der Waals surface area contributed by atoms with Gasteiger partial charge >= 0.3 is 0 Å². The van der Waals surface area contributed by atoms with E-state index in [0.29, 0.717) is 11.6 Å². The molecular formula is C15H23N3O2. The number of carbonyl (C=O) groups excluding carboxylic acids is 1. The zero-order valence-corrected chi connectivity index (χ0v) is 11.9. The molecule has 4 atom stereocenters. The number of nitrogens with two attached hydrogens (primary N) is 1. The molecular weight excluding hydrogens is 254 g/mol. The number of carbonyl (C=O) groups is 1. The van der Waals surface area contributed by atoms with Gasteiger partial charge in [0.25, 0.3) is 5.91 Å². The molecule has 2 fully saturated rings. The number of nitrogens with zero attached hydrogens (tertiary/aromatic N) is 1. The summed E-state index contributed by atoms with van der Waals surface area (Å²) in [4.78, 5) is 12.4. The molecule has 2 aliphatic rings. The average Bonchev–Trinajstić information content (AvgIpc) is 2.93. The van der Waals surface area contributed by atoms with E-state index in [4.69, 9.17) is 10.5 Å². The predicted octanol–water partition coefficient (Wildman–Crippen LogP) is 1.13. The molecule has 1 aliphatic heterocycles. The molecule has 5 heteroatoms. The fraction of sp³-hybridized carbons (Fsp3) is 0.667. The fourth-order valence-electron chi connectivity index (χ4n) is 3.41. The zero-order valence-electron chi connectivity index (χ0n) is 11.9. The van der Waals surface area contributed by atoms with E-state index in [-0.39, 0.29) is 24.1 Å². The first-order chi connectivity index (χ1) is 9.72. The number of aromatic nitrogens is 1. The maximum atomic E-state index is 12.4. The third-order valence-electron chi connectivity index (χ3n) is 4.50. The molecule has 0 spiro atoms. The maximum Gasteiger partial charge on any atom is 0.268 e. The van der Waals surface area contributed by atoms with Gasteiger partial charge in [0.2, 0.25) is 0 Å². The molecule has 4 unspecified atom stereocenters. The second-order valence-electron chi connectivity index (χ2n) is 5.80. The average molecular weight is 277 g/mol. The lowest BCUT2D eigenvalue weighted by atomic mass is 9.68. The lowest BCUT2D eigenvalue weighted by molar-refractivity contribution is -0.117. The van der Waals surface area contributed by atoms with Crippen LogP contribution in [0.2, 0.25) is 0 Å². The molecule has 1 aliphatic carbocycles. The van der Waals surface area contributed by atoms with Gasteiger partial charge in [-0.3, -0.25) is 4.79 Å². The third-order valence-corrected chi connectivity index (χ3v) is 4.50. The van der Waals surface area contributed by atoms with E-state index in [2.05, 4.69) is 12.2 Å². The minimum absolute atomic E-state index is 0.0267. The summed E-state index contributed by atoms with van der Waals surface area (Å²) in [5, 5.41) is 3.06. The summed E-state index contributed by atoms with van der Waals surface area (Å²) in [6, 6.07) is 3.75. The summed E-state index contributed by atoms with van der Waals surface area (Å²) in [6.07, 6.45) is 5.25. The number of nitrogens with one attached hydrogen (secondary N) is 1. The van der Waals surface area contributed by atoms with E-state index < -0.39 is 0 Å². The summed E-state index contributed by atoms with van der Waals surface area (Å²) >= 11 is 0. The molecule has 1 aromatic heterocycles. The van der Waals surface area contributed by atoms with Crippen molar-refractivity contribution in [3.05, 3.63) is 24.0 Å². The fourth-order valence-corrected chi connectivity index (χ4v) is 3.41. The van der Waals surface area contributed by atoms with Gasteiger partial charge in [-0.1, -0.05) is 6.92 Å². The van der Waals surface area contributed by atoms with Crippen LogP contribution in [0.25, 0.3) is 0 Å². The Labute approximate surface area is 119 Å². The molecule has 0 radical (unpaired) electrons. The first-order valence-electron chi connectivity index (χ1n) is 7.55. The van der Waals surface area contributed by atoms with E-state index >= 15 is 0 Å². The van der Waals surface area contributed by atoms with Crippen LogP contribution in [0.1, 0.15) is 36.7 Å². The van der Waals surface area contributed by atoms with Gasteiger partial charge in [-0.2, -0.15) is 0 Å². The van der Waals surface area contributed by atoms with E-state index in [1.807, 2.05) is 22.9 Å². The van der Waals surface area contributed by atoms with Crippen LogP contribution >= 0.6 is 0 Å². The molecule has 1 saturated carbocycles. The number of aryl methyl sites for hydroxylation is 1. The van der Waals surface area contributed by atoms with Gasteiger partial charge in [0, 0.05) is 31.3 Å². The van der Waals surface area contributed by atoms with E-state index in [9.17, 15) is 4.79 Å². The molecule has 1 aromatic rings. The van der Waals surface area contributed by atoms with Gasteiger partial charge in [-0.05, 0) is 31.4 Å². The molecule has 0 bridgehead atoms. The molecule has 20 heavy (non-hydrogen) atoms. The molecule has 3 rings (SSSR count). The normalized spacial score (nSPS) is 32.3. The standard InChI is InChI=1S/C15H23N3O2/c1-2-7-18-8-3-6-11(18)15(19)17-13-12(16)10-5-4-9-20-14(10)13/h3,6,8,10,12-14H,2,4-5,7,9,16H2,1H3,(H,17,19).